The number of aliphatic hydroxyl groups excluding tert-OH is 1. The first-order valence-electron chi connectivity index (χ1n) is 5.49. The fraction of sp³-hybridized carbons (Fsp3) is 0.143. The van der Waals surface area contributed by atoms with Crippen LogP contribution in [0, 0.1) is 11.6 Å². The zero-order valence-electron chi connectivity index (χ0n) is 10.0. The van der Waals surface area contributed by atoms with Crippen molar-refractivity contribution < 1.29 is 18.6 Å². The summed E-state index contributed by atoms with van der Waals surface area (Å²) >= 11 is 3.29. The molecule has 0 heterocycles. The second kappa shape index (κ2) is 5.67. The number of methoxy groups -OCH3 is 1. The maximum absolute atomic E-state index is 13.6. The fourth-order valence-electron chi connectivity index (χ4n) is 1.75. The van der Waals surface area contributed by atoms with Crippen molar-refractivity contribution in [2.75, 3.05) is 7.11 Å². The zero-order valence-corrected chi connectivity index (χ0v) is 11.6. The average molecular weight is 329 g/mol. The van der Waals surface area contributed by atoms with Crippen LogP contribution in [0.2, 0.25) is 0 Å². The van der Waals surface area contributed by atoms with Crippen LogP contribution in [0.1, 0.15) is 17.2 Å². The third kappa shape index (κ3) is 2.93. The first-order valence-corrected chi connectivity index (χ1v) is 6.28. The molecule has 2 aromatic rings. The fourth-order valence-corrected chi connectivity index (χ4v) is 2.32. The molecule has 2 aromatic carbocycles. The predicted octanol–water partition coefficient (Wildman–Crippen LogP) is 3.82. The lowest BCUT2D eigenvalue weighted by Gasteiger charge is -2.15. The molecule has 2 rings (SSSR count). The molecule has 0 aliphatic heterocycles. The summed E-state index contributed by atoms with van der Waals surface area (Å²) in [5.74, 6) is -0.847. The van der Waals surface area contributed by atoms with E-state index in [2.05, 4.69) is 15.9 Å². The molecular formula is C14H11BrF2O2. The quantitative estimate of drug-likeness (QED) is 0.928. The highest BCUT2D eigenvalue weighted by Gasteiger charge is 2.18. The van der Waals surface area contributed by atoms with Gasteiger partial charge in [-0.05, 0) is 23.8 Å². The normalized spacial score (nSPS) is 12.3. The van der Waals surface area contributed by atoms with Crippen LogP contribution in [0.25, 0.3) is 0 Å². The van der Waals surface area contributed by atoms with Crippen molar-refractivity contribution in [3.8, 4) is 5.75 Å². The molecular weight excluding hydrogens is 318 g/mol. The number of rotatable bonds is 3. The molecule has 0 amide bonds. The van der Waals surface area contributed by atoms with Crippen molar-refractivity contribution in [3.05, 3.63) is 63.6 Å². The molecule has 1 atom stereocenters. The van der Waals surface area contributed by atoms with Crippen LogP contribution in [0.4, 0.5) is 8.78 Å². The van der Waals surface area contributed by atoms with Crippen LogP contribution in [0.5, 0.6) is 5.75 Å². The summed E-state index contributed by atoms with van der Waals surface area (Å²) in [7, 11) is 1.53. The molecule has 1 unspecified atom stereocenters. The van der Waals surface area contributed by atoms with E-state index in [1.807, 2.05) is 0 Å². The van der Waals surface area contributed by atoms with E-state index in [1.165, 1.54) is 13.2 Å². The molecule has 0 saturated carbocycles. The van der Waals surface area contributed by atoms with Gasteiger partial charge in [-0.15, -0.1) is 0 Å². The minimum absolute atomic E-state index is 0.0206. The maximum Gasteiger partial charge on any atom is 0.132 e. The SMILES string of the molecule is COc1ccc(C(O)c2ccc(F)cc2F)c(Br)c1. The molecule has 0 fully saturated rings. The van der Waals surface area contributed by atoms with Crippen molar-refractivity contribution in [2.45, 2.75) is 6.10 Å². The van der Waals surface area contributed by atoms with Gasteiger partial charge in [0.2, 0.25) is 0 Å². The highest BCUT2D eigenvalue weighted by Crippen LogP contribution is 2.32. The summed E-state index contributed by atoms with van der Waals surface area (Å²) in [4.78, 5) is 0. The van der Waals surface area contributed by atoms with Crippen molar-refractivity contribution >= 4 is 15.9 Å². The summed E-state index contributed by atoms with van der Waals surface area (Å²) in [6, 6.07) is 8.03. The first-order chi connectivity index (χ1) is 9.02. The molecule has 0 saturated heterocycles. The van der Waals surface area contributed by atoms with E-state index in [0.29, 0.717) is 15.8 Å². The van der Waals surface area contributed by atoms with Gasteiger partial charge in [-0.25, -0.2) is 8.78 Å². The van der Waals surface area contributed by atoms with E-state index < -0.39 is 17.7 Å². The first kappa shape index (κ1) is 14.0. The van der Waals surface area contributed by atoms with Gasteiger partial charge in [-0.2, -0.15) is 0 Å². The lowest BCUT2D eigenvalue weighted by Crippen LogP contribution is -2.04. The van der Waals surface area contributed by atoms with E-state index in [9.17, 15) is 13.9 Å². The van der Waals surface area contributed by atoms with E-state index in [0.717, 1.165) is 12.1 Å². The summed E-state index contributed by atoms with van der Waals surface area (Å²) in [5, 5.41) is 10.2. The van der Waals surface area contributed by atoms with Gasteiger partial charge in [-0.3, -0.25) is 0 Å². The van der Waals surface area contributed by atoms with Crippen molar-refractivity contribution in [3.63, 3.8) is 0 Å². The van der Waals surface area contributed by atoms with E-state index >= 15 is 0 Å². The molecule has 0 bridgehead atoms. The van der Waals surface area contributed by atoms with Crippen molar-refractivity contribution in [1.82, 2.24) is 0 Å². The van der Waals surface area contributed by atoms with Gasteiger partial charge in [0.1, 0.15) is 23.5 Å². The standard InChI is InChI=1S/C14H11BrF2O2/c1-19-9-3-5-10(12(15)7-9)14(18)11-4-2-8(16)6-13(11)17/h2-7,14,18H,1H3. The Morgan fingerprint density at radius 3 is 2.37 bits per heavy atom. The third-order valence-corrected chi connectivity index (χ3v) is 3.45. The Labute approximate surface area is 117 Å². The van der Waals surface area contributed by atoms with E-state index in [-0.39, 0.29) is 5.56 Å². The Kier molecular flexibility index (Phi) is 4.17. The molecule has 19 heavy (non-hydrogen) atoms. The summed E-state index contributed by atoms with van der Waals surface area (Å²) in [6.07, 6.45) is -1.18. The smallest absolute Gasteiger partial charge is 0.132 e. The lowest BCUT2D eigenvalue weighted by molar-refractivity contribution is 0.214. The van der Waals surface area contributed by atoms with Gasteiger partial charge in [0.25, 0.3) is 0 Å². The topological polar surface area (TPSA) is 29.5 Å². The third-order valence-electron chi connectivity index (χ3n) is 2.76. The summed E-state index contributed by atoms with van der Waals surface area (Å²) in [6.45, 7) is 0. The second-order valence-electron chi connectivity index (χ2n) is 3.96. The Balaban J connectivity index is 2.41. The summed E-state index contributed by atoms with van der Waals surface area (Å²) in [5.41, 5.74) is 0.499. The van der Waals surface area contributed by atoms with Gasteiger partial charge in [-0.1, -0.05) is 28.1 Å². The number of hydrogen-bond acceptors (Lipinski definition) is 2. The highest BCUT2D eigenvalue weighted by atomic mass is 79.9. The summed E-state index contributed by atoms with van der Waals surface area (Å²) < 4.78 is 32.1. The van der Waals surface area contributed by atoms with E-state index in [1.54, 1.807) is 18.2 Å². The van der Waals surface area contributed by atoms with Gasteiger partial charge >= 0.3 is 0 Å². The van der Waals surface area contributed by atoms with Crippen LogP contribution in [-0.4, -0.2) is 12.2 Å². The minimum atomic E-state index is -1.18. The van der Waals surface area contributed by atoms with Crippen LogP contribution >= 0.6 is 15.9 Å². The Bertz CT molecular complexity index is 602. The maximum atomic E-state index is 13.6. The van der Waals surface area contributed by atoms with Crippen LogP contribution < -0.4 is 4.74 Å². The van der Waals surface area contributed by atoms with Crippen molar-refractivity contribution in [2.24, 2.45) is 0 Å². The Hall–Kier alpha value is -1.46. The molecule has 0 aromatic heterocycles. The molecule has 2 nitrogen and oxygen atoms in total. The predicted molar refractivity (Wildman–Crippen MR) is 71.1 cm³/mol. The second-order valence-corrected chi connectivity index (χ2v) is 4.81. The van der Waals surface area contributed by atoms with Crippen LogP contribution in [-0.2, 0) is 0 Å². The highest BCUT2D eigenvalue weighted by molar-refractivity contribution is 9.10. The van der Waals surface area contributed by atoms with Crippen molar-refractivity contribution in [1.29, 1.82) is 0 Å². The number of ether oxygens (including phenoxy) is 1. The average Bonchev–Trinajstić information content (AvgIpc) is 2.37. The lowest BCUT2D eigenvalue weighted by atomic mass is 10.0. The van der Waals surface area contributed by atoms with Gasteiger partial charge < -0.3 is 9.84 Å². The van der Waals surface area contributed by atoms with Crippen LogP contribution in [0.3, 0.4) is 0 Å². The number of benzene rings is 2. The largest absolute Gasteiger partial charge is 0.497 e. The Morgan fingerprint density at radius 1 is 1.11 bits per heavy atom. The molecule has 5 heteroatoms. The number of halogens is 3. The van der Waals surface area contributed by atoms with Gasteiger partial charge in [0, 0.05) is 16.1 Å². The minimum Gasteiger partial charge on any atom is -0.497 e. The molecule has 100 valence electrons. The van der Waals surface area contributed by atoms with Crippen LogP contribution in [0.15, 0.2) is 40.9 Å². The van der Waals surface area contributed by atoms with Gasteiger partial charge in [0.05, 0.1) is 7.11 Å². The molecule has 0 spiro atoms. The molecule has 0 aliphatic rings. The molecule has 1 N–H and O–H groups in total. The monoisotopic (exact) mass is 328 g/mol. The van der Waals surface area contributed by atoms with Gasteiger partial charge in [0.15, 0.2) is 0 Å². The number of aliphatic hydroxyl groups is 1. The Morgan fingerprint density at radius 2 is 1.79 bits per heavy atom. The molecule has 0 aliphatic carbocycles. The van der Waals surface area contributed by atoms with E-state index in [4.69, 9.17) is 4.74 Å². The zero-order chi connectivity index (χ0) is 14.0. The molecule has 0 radical (unpaired) electrons. The number of hydrogen-bond donors (Lipinski definition) is 1.